The van der Waals surface area contributed by atoms with Crippen LogP contribution in [0.5, 0.6) is 11.5 Å². The summed E-state index contributed by atoms with van der Waals surface area (Å²) < 4.78 is 10.7. The van der Waals surface area contributed by atoms with Crippen molar-refractivity contribution in [1.29, 1.82) is 0 Å². The molecule has 0 N–H and O–H groups in total. The zero-order chi connectivity index (χ0) is 20.5. The molecule has 0 aliphatic rings. The van der Waals surface area contributed by atoms with E-state index in [0.717, 1.165) is 24.0 Å². The highest BCUT2D eigenvalue weighted by molar-refractivity contribution is 6.35. The lowest BCUT2D eigenvalue weighted by Crippen LogP contribution is -2.32. The number of nitrogens with zero attached hydrogens (tertiary/aromatic N) is 1. The molecule has 0 aliphatic heterocycles. The molecule has 0 bridgehead atoms. The normalized spacial score (nSPS) is 10.6. The van der Waals surface area contributed by atoms with E-state index in [2.05, 4.69) is 6.92 Å². The van der Waals surface area contributed by atoms with Crippen LogP contribution in [-0.2, 0) is 17.8 Å². The Labute approximate surface area is 177 Å². The van der Waals surface area contributed by atoms with Gasteiger partial charge in [-0.05, 0) is 48.2 Å². The quantitative estimate of drug-likeness (QED) is 0.486. The van der Waals surface area contributed by atoms with E-state index in [0.29, 0.717) is 47.5 Å². The third kappa shape index (κ3) is 6.32. The number of hydrogen-bond donors (Lipinski definition) is 0. The highest BCUT2D eigenvalue weighted by atomic mass is 35.5. The zero-order valence-electron chi connectivity index (χ0n) is 16.6. The molecule has 0 aromatic heterocycles. The lowest BCUT2D eigenvalue weighted by molar-refractivity contribution is -0.131. The Morgan fingerprint density at radius 1 is 1.04 bits per heavy atom. The van der Waals surface area contributed by atoms with Crippen LogP contribution in [0.2, 0.25) is 10.0 Å². The molecule has 0 heterocycles. The Hall–Kier alpha value is -1.91. The maximum absolute atomic E-state index is 12.8. The Morgan fingerprint density at radius 2 is 1.79 bits per heavy atom. The van der Waals surface area contributed by atoms with Gasteiger partial charge >= 0.3 is 0 Å². The van der Waals surface area contributed by atoms with Crippen LogP contribution in [0, 0.1) is 0 Å². The Bertz CT molecular complexity index is 795. The van der Waals surface area contributed by atoms with Crippen molar-refractivity contribution in [1.82, 2.24) is 4.90 Å². The van der Waals surface area contributed by atoms with E-state index >= 15 is 0 Å². The van der Waals surface area contributed by atoms with Gasteiger partial charge in [0, 0.05) is 29.6 Å². The molecule has 0 aliphatic carbocycles. The average Bonchev–Trinajstić information content (AvgIpc) is 2.70. The van der Waals surface area contributed by atoms with E-state index in [1.54, 1.807) is 20.3 Å². The fourth-order valence-electron chi connectivity index (χ4n) is 2.96. The molecular formula is C22H27Cl2NO3. The maximum atomic E-state index is 12.8. The van der Waals surface area contributed by atoms with Crippen molar-refractivity contribution in [3.8, 4) is 11.5 Å². The summed E-state index contributed by atoms with van der Waals surface area (Å²) in [4.78, 5) is 14.6. The first-order valence-electron chi connectivity index (χ1n) is 9.41. The van der Waals surface area contributed by atoms with Crippen molar-refractivity contribution >= 4 is 29.1 Å². The van der Waals surface area contributed by atoms with Crippen LogP contribution in [0.25, 0.3) is 0 Å². The molecule has 0 saturated carbocycles. The van der Waals surface area contributed by atoms with E-state index in [9.17, 15) is 4.79 Å². The first-order valence-corrected chi connectivity index (χ1v) is 10.2. The fraction of sp³-hybridized carbons (Fsp3) is 0.409. The van der Waals surface area contributed by atoms with Crippen molar-refractivity contribution in [2.45, 2.75) is 39.2 Å². The number of benzene rings is 2. The van der Waals surface area contributed by atoms with Crippen LogP contribution in [0.1, 0.15) is 37.3 Å². The first kappa shape index (κ1) is 22.4. The SMILES string of the molecule is CCCCC(=O)N(CCc1ccc(Cl)cc1Cl)Cc1ccc(OC)c(OC)c1. The molecule has 1 amide bonds. The molecule has 28 heavy (non-hydrogen) atoms. The number of carbonyl (C=O) groups excluding carboxylic acids is 1. The van der Waals surface area contributed by atoms with Crippen molar-refractivity contribution in [2.24, 2.45) is 0 Å². The Morgan fingerprint density at radius 3 is 2.43 bits per heavy atom. The van der Waals surface area contributed by atoms with E-state index in [1.807, 2.05) is 35.2 Å². The van der Waals surface area contributed by atoms with Crippen LogP contribution in [0.15, 0.2) is 36.4 Å². The number of rotatable bonds is 10. The lowest BCUT2D eigenvalue weighted by atomic mass is 10.1. The summed E-state index contributed by atoms with van der Waals surface area (Å²) in [6.07, 6.45) is 3.07. The summed E-state index contributed by atoms with van der Waals surface area (Å²) in [6, 6.07) is 11.2. The highest BCUT2D eigenvalue weighted by Gasteiger charge is 2.16. The summed E-state index contributed by atoms with van der Waals surface area (Å²) in [5, 5.41) is 1.23. The van der Waals surface area contributed by atoms with Gasteiger partial charge < -0.3 is 14.4 Å². The van der Waals surface area contributed by atoms with Gasteiger partial charge in [-0.1, -0.05) is 48.7 Å². The van der Waals surface area contributed by atoms with Crippen LogP contribution >= 0.6 is 23.2 Å². The average molecular weight is 424 g/mol. The second-order valence-electron chi connectivity index (χ2n) is 6.59. The van der Waals surface area contributed by atoms with Crippen LogP contribution in [0.3, 0.4) is 0 Å². The molecule has 152 valence electrons. The van der Waals surface area contributed by atoms with Gasteiger partial charge in [-0.25, -0.2) is 0 Å². The molecule has 2 aromatic carbocycles. The highest BCUT2D eigenvalue weighted by Crippen LogP contribution is 2.28. The number of hydrogen-bond acceptors (Lipinski definition) is 3. The molecule has 6 heteroatoms. The maximum Gasteiger partial charge on any atom is 0.222 e. The Balaban J connectivity index is 2.15. The molecule has 0 atom stereocenters. The molecule has 0 saturated heterocycles. The Kier molecular flexibility index (Phi) is 8.94. The van der Waals surface area contributed by atoms with Gasteiger partial charge in [0.05, 0.1) is 14.2 Å². The molecule has 2 rings (SSSR count). The molecular weight excluding hydrogens is 397 g/mol. The van der Waals surface area contributed by atoms with Crippen molar-refractivity contribution < 1.29 is 14.3 Å². The molecule has 0 unspecified atom stereocenters. The van der Waals surface area contributed by atoms with Crippen LogP contribution < -0.4 is 9.47 Å². The van der Waals surface area contributed by atoms with E-state index in [-0.39, 0.29) is 5.91 Å². The molecule has 2 aromatic rings. The summed E-state index contributed by atoms with van der Waals surface area (Å²) in [5.41, 5.74) is 1.97. The summed E-state index contributed by atoms with van der Waals surface area (Å²) >= 11 is 12.3. The van der Waals surface area contributed by atoms with E-state index in [1.165, 1.54) is 0 Å². The largest absolute Gasteiger partial charge is 0.493 e. The first-order chi connectivity index (χ1) is 13.5. The van der Waals surface area contributed by atoms with Gasteiger partial charge in [0.15, 0.2) is 11.5 Å². The summed E-state index contributed by atoms with van der Waals surface area (Å²) in [7, 11) is 3.21. The topological polar surface area (TPSA) is 38.8 Å². The predicted molar refractivity (Wildman–Crippen MR) is 115 cm³/mol. The minimum absolute atomic E-state index is 0.140. The molecule has 4 nitrogen and oxygen atoms in total. The van der Waals surface area contributed by atoms with Crippen molar-refractivity contribution in [3.63, 3.8) is 0 Å². The van der Waals surface area contributed by atoms with Gasteiger partial charge in [0.2, 0.25) is 5.91 Å². The number of carbonyl (C=O) groups is 1. The molecule has 0 radical (unpaired) electrons. The number of halogens is 2. The third-order valence-electron chi connectivity index (χ3n) is 4.58. The van der Waals surface area contributed by atoms with E-state index in [4.69, 9.17) is 32.7 Å². The summed E-state index contributed by atoms with van der Waals surface area (Å²) in [6.45, 7) is 3.17. The van der Waals surface area contributed by atoms with Gasteiger partial charge in [0.1, 0.15) is 0 Å². The number of amides is 1. The lowest BCUT2D eigenvalue weighted by Gasteiger charge is -2.24. The van der Waals surface area contributed by atoms with Crippen molar-refractivity contribution in [3.05, 3.63) is 57.6 Å². The van der Waals surface area contributed by atoms with Gasteiger partial charge in [-0.15, -0.1) is 0 Å². The second kappa shape index (κ2) is 11.2. The van der Waals surface area contributed by atoms with Crippen molar-refractivity contribution in [2.75, 3.05) is 20.8 Å². The standard InChI is InChI=1S/C22H27Cl2NO3/c1-4-5-6-22(26)25(12-11-17-8-9-18(23)14-19(17)24)15-16-7-10-20(27-2)21(13-16)28-3/h7-10,13-14H,4-6,11-12,15H2,1-3H3. The van der Waals surface area contributed by atoms with Gasteiger partial charge in [-0.2, -0.15) is 0 Å². The molecule has 0 fully saturated rings. The number of ether oxygens (including phenoxy) is 2. The molecule has 0 spiro atoms. The second-order valence-corrected chi connectivity index (χ2v) is 7.44. The predicted octanol–water partition coefficient (Wildman–Crippen LogP) is 5.77. The number of unbranched alkanes of at least 4 members (excludes halogenated alkanes) is 1. The smallest absolute Gasteiger partial charge is 0.222 e. The fourth-order valence-corrected chi connectivity index (χ4v) is 3.46. The minimum Gasteiger partial charge on any atom is -0.493 e. The number of methoxy groups -OCH3 is 2. The monoisotopic (exact) mass is 423 g/mol. The van der Waals surface area contributed by atoms with Gasteiger partial charge in [0.25, 0.3) is 0 Å². The minimum atomic E-state index is 0.140. The van der Waals surface area contributed by atoms with Crippen LogP contribution in [0.4, 0.5) is 0 Å². The summed E-state index contributed by atoms with van der Waals surface area (Å²) in [5.74, 6) is 1.46. The van der Waals surface area contributed by atoms with Gasteiger partial charge in [-0.3, -0.25) is 4.79 Å². The van der Waals surface area contributed by atoms with E-state index < -0.39 is 0 Å². The third-order valence-corrected chi connectivity index (χ3v) is 5.17. The van der Waals surface area contributed by atoms with Crippen LogP contribution in [-0.4, -0.2) is 31.6 Å². The zero-order valence-corrected chi connectivity index (χ0v) is 18.1.